The monoisotopic (exact) mass is 684 g/mol. The van der Waals surface area contributed by atoms with E-state index >= 15 is 0 Å². The Labute approximate surface area is 261 Å². The number of ether oxygens (including phenoxy) is 2. The highest BCUT2D eigenvalue weighted by Gasteiger charge is 2.50. The van der Waals surface area contributed by atoms with Crippen molar-refractivity contribution < 1.29 is 18.7 Å². The fourth-order valence-corrected chi connectivity index (χ4v) is 10.8. The Morgan fingerprint density at radius 1 is 0.902 bits per heavy atom. The molecule has 0 amide bonds. The van der Waals surface area contributed by atoms with E-state index in [1.54, 1.807) is 14.2 Å². The highest BCUT2D eigenvalue weighted by molar-refractivity contribution is 14.1. The number of ketones is 1. The van der Waals surface area contributed by atoms with Crippen molar-refractivity contribution >= 4 is 47.1 Å². The fourth-order valence-electron chi connectivity index (χ4n) is 5.35. The summed E-state index contributed by atoms with van der Waals surface area (Å²) < 4.78 is 18.9. The third-order valence-electron chi connectivity index (χ3n) is 7.44. The molecule has 0 N–H and O–H groups in total. The van der Waals surface area contributed by atoms with E-state index in [0.717, 1.165) is 40.6 Å². The predicted octanol–water partition coefficient (Wildman–Crippen LogP) is 7.89. The number of rotatable bonds is 15. The van der Waals surface area contributed by atoms with Crippen molar-refractivity contribution in [2.24, 2.45) is 0 Å². The van der Waals surface area contributed by atoms with Crippen molar-refractivity contribution in [2.45, 2.75) is 77.4 Å². The summed E-state index contributed by atoms with van der Waals surface area (Å²) in [5, 5.41) is 2.58. The largest absolute Gasteiger partial charge is 0.497 e. The number of benzene rings is 3. The number of carbonyl (C=O) groups is 1. The van der Waals surface area contributed by atoms with E-state index in [4.69, 9.17) is 13.9 Å². The third kappa shape index (κ3) is 8.79. The number of Topliss-reactive ketones (excluding diaryl/α,β-unsaturated/α-hetero) is 1. The molecule has 0 spiro atoms. The molecule has 4 nitrogen and oxygen atoms in total. The van der Waals surface area contributed by atoms with Crippen LogP contribution >= 0.6 is 22.6 Å². The Balaban J connectivity index is 1.54. The zero-order valence-electron chi connectivity index (χ0n) is 25.4. The van der Waals surface area contributed by atoms with Gasteiger partial charge in [-0.2, -0.15) is 0 Å². The second kappa shape index (κ2) is 15.7. The molecular formula is C35H45IO4Si. The summed E-state index contributed by atoms with van der Waals surface area (Å²) in [5.41, 5.74) is 0.960. The first-order chi connectivity index (χ1) is 19.6. The van der Waals surface area contributed by atoms with Gasteiger partial charge in [0.1, 0.15) is 17.3 Å². The van der Waals surface area contributed by atoms with Crippen molar-refractivity contribution in [3.05, 3.63) is 94.1 Å². The van der Waals surface area contributed by atoms with Crippen molar-refractivity contribution in [1.82, 2.24) is 0 Å². The Bertz CT molecular complexity index is 1230. The van der Waals surface area contributed by atoms with Crippen molar-refractivity contribution in [3.63, 3.8) is 0 Å². The summed E-state index contributed by atoms with van der Waals surface area (Å²) in [6.07, 6.45) is 9.25. The number of allylic oxidation sites excluding steroid dienone is 1. The van der Waals surface area contributed by atoms with Crippen molar-refractivity contribution in [2.75, 3.05) is 14.2 Å². The van der Waals surface area contributed by atoms with Crippen LogP contribution in [0, 0.1) is 3.57 Å². The van der Waals surface area contributed by atoms with Gasteiger partial charge in [0.05, 0.1) is 17.8 Å². The maximum Gasteiger partial charge on any atom is 0.261 e. The first kappa shape index (κ1) is 33.1. The SMILES string of the molecule is COc1cc(CC(=O)CCCC/C=C/C[C@H](C)O[Si](c2ccccc2)(c2ccccc2)C(C)(C)C)c(I)c(OC)c1. The fraction of sp³-hybridized carbons (Fsp3) is 0.400. The molecule has 41 heavy (non-hydrogen) atoms. The summed E-state index contributed by atoms with van der Waals surface area (Å²) in [5.74, 6) is 1.70. The Morgan fingerprint density at radius 3 is 2.05 bits per heavy atom. The molecular weight excluding hydrogens is 639 g/mol. The minimum Gasteiger partial charge on any atom is -0.497 e. The van der Waals surface area contributed by atoms with Crippen LogP contribution in [0.2, 0.25) is 5.04 Å². The van der Waals surface area contributed by atoms with Gasteiger partial charge >= 0.3 is 0 Å². The van der Waals surface area contributed by atoms with E-state index in [9.17, 15) is 4.79 Å². The summed E-state index contributed by atoms with van der Waals surface area (Å²) in [6.45, 7) is 9.13. The topological polar surface area (TPSA) is 44.8 Å². The van der Waals surface area contributed by atoms with Gasteiger partial charge in [0.15, 0.2) is 0 Å². The summed E-state index contributed by atoms with van der Waals surface area (Å²) in [6, 6.07) is 25.4. The van der Waals surface area contributed by atoms with Crippen molar-refractivity contribution in [3.8, 4) is 11.5 Å². The van der Waals surface area contributed by atoms with Crippen LogP contribution in [0.4, 0.5) is 0 Å². The molecule has 3 aromatic rings. The third-order valence-corrected chi connectivity index (χ3v) is 13.8. The summed E-state index contributed by atoms with van der Waals surface area (Å²) in [4.78, 5) is 12.7. The molecule has 0 aliphatic rings. The smallest absolute Gasteiger partial charge is 0.261 e. The molecule has 0 aliphatic carbocycles. The molecule has 3 rings (SSSR count). The minimum absolute atomic E-state index is 0.0334. The molecule has 0 fully saturated rings. The lowest BCUT2D eigenvalue weighted by Crippen LogP contribution is -2.67. The minimum atomic E-state index is -2.54. The highest BCUT2D eigenvalue weighted by Crippen LogP contribution is 2.38. The molecule has 0 aliphatic heterocycles. The molecule has 6 heteroatoms. The highest BCUT2D eigenvalue weighted by atomic mass is 127. The number of unbranched alkanes of at least 4 members (excludes halogenated alkanes) is 2. The quantitative estimate of drug-likeness (QED) is 0.0707. The molecule has 220 valence electrons. The molecule has 0 bridgehead atoms. The van der Waals surface area contributed by atoms with E-state index < -0.39 is 8.32 Å². The van der Waals surface area contributed by atoms with Crippen LogP contribution in [0.3, 0.4) is 0 Å². The Kier molecular flexibility index (Phi) is 12.7. The van der Waals surface area contributed by atoms with Gasteiger partial charge in [0, 0.05) is 25.0 Å². The van der Waals surface area contributed by atoms with Gasteiger partial charge in [-0.3, -0.25) is 4.79 Å². The summed E-state index contributed by atoms with van der Waals surface area (Å²) in [7, 11) is 0.723. The molecule has 1 atom stereocenters. The van der Waals surface area contributed by atoms with Gasteiger partial charge in [-0.1, -0.05) is 93.6 Å². The zero-order valence-corrected chi connectivity index (χ0v) is 28.6. The van der Waals surface area contributed by atoms with Crippen LogP contribution in [-0.4, -0.2) is 34.4 Å². The first-order valence-electron chi connectivity index (χ1n) is 14.5. The number of hydrogen-bond acceptors (Lipinski definition) is 4. The first-order valence-corrected chi connectivity index (χ1v) is 17.5. The van der Waals surface area contributed by atoms with Gasteiger partial charge in [0.25, 0.3) is 8.32 Å². The zero-order chi connectivity index (χ0) is 29.9. The van der Waals surface area contributed by atoms with E-state index in [-0.39, 0.29) is 16.9 Å². The van der Waals surface area contributed by atoms with Crippen LogP contribution < -0.4 is 19.8 Å². The average Bonchev–Trinajstić information content (AvgIpc) is 2.96. The lowest BCUT2D eigenvalue weighted by atomic mass is 10.0. The molecule has 3 aromatic carbocycles. The average molecular weight is 685 g/mol. The van der Waals surface area contributed by atoms with Gasteiger partial charge in [-0.25, -0.2) is 0 Å². The van der Waals surface area contributed by atoms with E-state index in [1.165, 1.54) is 10.4 Å². The van der Waals surface area contributed by atoms with Gasteiger partial charge < -0.3 is 13.9 Å². The standard InChI is InChI=1S/C35H45IO4Si/c1-27(40-41(35(2,3)4,31-20-14-10-15-21-31)32-22-16-11-17-23-32)18-12-8-7-9-13-19-29(37)24-28-25-30(38-5)26-33(39-6)34(28)36/h8,10-12,14-17,20-23,25-27H,7,9,13,18-19,24H2,1-6H3/b12-8+/t27-/m0/s1. The lowest BCUT2D eigenvalue weighted by Gasteiger charge is -2.44. The van der Waals surface area contributed by atoms with Gasteiger partial charge in [-0.15, -0.1) is 0 Å². The normalized spacial score (nSPS) is 12.9. The van der Waals surface area contributed by atoms with Crippen LogP contribution in [0.1, 0.15) is 65.4 Å². The molecule has 0 saturated heterocycles. The number of carbonyl (C=O) groups excluding carboxylic acids is 1. The molecule has 0 radical (unpaired) electrons. The van der Waals surface area contributed by atoms with Crippen LogP contribution in [0.5, 0.6) is 11.5 Å². The maximum absolute atomic E-state index is 12.7. The molecule has 0 unspecified atom stereocenters. The van der Waals surface area contributed by atoms with Crippen LogP contribution in [0.25, 0.3) is 0 Å². The summed E-state index contributed by atoms with van der Waals surface area (Å²) >= 11 is 2.24. The number of methoxy groups -OCH3 is 2. The molecule has 0 aromatic heterocycles. The molecule has 0 saturated carbocycles. The predicted molar refractivity (Wildman–Crippen MR) is 181 cm³/mol. The van der Waals surface area contributed by atoms with E-state index in [0.29, 0.717) is 18.6 Å². The number of hydrogen-bond donors (Lipinski definition) is 0. The Morgan fingerprint density at radius 2 is 1.51 bits per heavy atom. The van der Waals surface area contributed by atoms with E-state index in [1.807, 2.05) is 12.1 Å². The van der Waals surface area contributed by atoms with E-state index in [2.05, 4.69) is 123 Å². The molecule has 0 heterocycles. The maximum atomic E-state index is 12.7. The number of halogens is 1. The van der Waals surface area contributed by atoms with Crippen molar-refractivity contribution in [1.29, 1.82) is 0 Å². The van der Waals surface area contributed by atoms with Gasteiger partial charge in [0.2, 0.25) is 0 Å². The Hall–Kier alpha value is -2.42. The van der Waals surface area contributed by atoms with Gasteiger partial charge in [-0.05, 0) is 82.2 Å². The second-order valence-electron chi connectivity index (χ2n) is 11.6. The van der Waals surface area contributed by atoms with Crippen LogP contribution in [-0.2, 0) is 15.6 Å². The lowest BCUT2D eigenvalue weighted by molar-refractivity contribution is -0.118. The second-order valence-corrected chi connectivity index (χ2v) is 16.9. The van der Waals surface area contributed by atoms with Crippen LogP contribution in [0.15, 0.2) is 84.9 Å².